The lowest BCUT2D eigenvalue weighted by Crippen LogP contribution is -2.58. The zero-order chi connectivity index (χ0) is 30.3. The summed E-state index contributed by atoms with van der Waals surface area (Å²) in [7, 11) is -12.5. The van der Waals surface area contributed by atoms with Crippen LogP contribution in [-0.2, 0) is 24.7 Å². The minimum Gasteiger partial charge on any atom is -0.456 e. The molecule has 220 valence electrons. The molecular weight excluding hydrogens is 641 g/mol. The van der Waals surface area contributed by atoms with Crippen LogP contribution in [0, 0.1) is 0 Å². The van der Waals surface area contributed by atoms with Crippen molar-refractivity contribution in [3.05, 3.63) is 24.1 Å². The van der Waals surface area contributed by atoms with Crippen molar-refractivity contribution in [3.8, 4) is 0 Å². The van der Waals surface area contributed by atoms with Crippen molar-refractivity contribution < 1.29 is 24.7 Å². The summed E-state index contributed by atoms with van der Waals surface area (Å²) in [5.74, 6) is 0. The molecular formula is C22H56O6Si10. The van der Waals surface area contributed by atoms with Crippen molar-refractivity contribution in [1.82, 2.24) is 0 Å². The zero-order valence-electron chi connectivity index (χ0n) is 27.1. The van der Waals surface area contributed by atoms with Gasteiger partial charge in [-0.25, -0.2) is 0 Å². The molecule has 0 aromatic carbocycles. The van der Waals surface area contributed by atoms with Gasteiger partial charge in [-0.1, -0.05) is 12.3 Å². The van der Waals surface area contributed by atoms with E-state index in [1.807, 2.05) is 5.70 Å². The molecule has 1 atom stereocenters. The van der Waals surface area contributed by atoms with Gasteiger partial charge >= 0.3 is 17.1 Å². The molecule has 38 heavy (non-hydrogen) atoms. The molecule has 6 radical (unpaired) electrons. The highest BCUT2D eigenvalue weighted by Crippen LogP contribution is 2.30. The van der Waals surface area contributed by atoms with Crippen LogP contribution in [-0.4, -0.2) is 88.0 Å². The Morgan fingerprint density at radius 2 is 1.03 bits per heavy atom. The van der Waals surface area contributed by atoms with Crippen molar-refractivity contribution in [3.63, 3.8) is 0 Å². The maximum absolute atomic E-state index is 6.82. The maximum atomic E-state index is 6.82. The van der Waals surface area contributed by atoms with Gasteiger partial charge in [0.1, 0.15) is 0 Å². The van der Waals surface area contributed by atoms with E-state index in [9.17, 15) is 0 Å². The first-order valence-electron chi connectivity index (χ1n) is 13.4. The molecule has 0 aliphatic rings. The van der Waals surface area contributed by atoms with E-state index >= 15 is 0 Å². The Hall–Kier alpha value is 1.41. The van der Waals surface area contributed by atoms with Crippen molar-refractivity contribution in [1.29, 1.82) is 0 Å². The van der Waals surface area contributed by atoms with Gasteiger partial charge in [0.2, 0.25) is 29.3 Å². The number of hydrogen-bond acceptors (Lipinski definition) is 6. The zero-order valence-corrected chi connectivity index (χ0v) is 37.1. The third kappa shape index (κ3) is 18.8. The monoisotopic (exact) mass is 696 g/mol. The smallest absolute Gasteiger partial charge is 0.345 e. The largest absolute Gasteiger partial charge is 0.456 e. The Balaban J connectivity index is 4.96. The lowest BCUT2D eigenvalue weighted by molar-refractivity contribution is 0.332. The fraction of sp³-hybridized carbons (Fsp3) is 0.818. The molecule has 0 aromatic rings. The average Bonchev–Trinajstić information content (AvgIpc) is 2.62. The molecule has 0 aliphatic carbocycles. The average molecular weight is 698 g/mol. The van der Waals surface area contributed by atoms with Gasteiger partial charge in [0.05, 0.1) is 0 Å². The highest BCUT2D eigenvalue weighted by molar-refractivity contribution is 6.92. The fourth-order valence-corrected chi connectivity index (χ4v) is 33.4. The molecule has 0 N–H and O–H groups in total. The second kappa shape index (κ2) is 15.2. The van der Waals surface area contributed by atoms with E-state index in [0.29, 0.717) is 29.3 Å². The second-order valence-electron chi connectivity index (χ2n) is 14.1. The second-order valence-corrected chi connectivity index (χ2v) is 47.5. The van der Waals surface area contributed by atoms with Gasteiger partial charge < -0.3 is 24.7 Å². The summed E-state index contributed by atoms with van der Waals surface area (Å²) in [6.07, 6.45) is 0. The molecule has 0 aromatic heterocycles. The van der Waals surface area contributed by atoms with E-state index < -0.39 is 58.7 Å². The van der Waals surface area contributed by atoms with Crippen LogP contribution in [0.3, 0.4) is 0 Å². The summed E-state index contributed by atoms with van der Waals surface area (Å²) in [6.45, 7) is 41.7. The van der Waals surface area contributed by atoms with Gasteiger partial charge in [-0.2, -0.15) is 0 Å². The Kier molecular flexibility index (Phi) is 15.8. The van der Waals surface area contributed by atoms with Gasteiger partial charge in [-0.3, -0.25) is 0 Å². The number of allylic oxidation sites excluding steroid dienone is 1. The highest BCUT2D eigenvalue weighted by Gasteiger charge is 2.46. The lowest BCUT2D eigenvalue weighted by atomic mass is 10.7. The first-order chi connectivity index (χ1) is 16.7. The molecule has 1 unspecified atom stereocenters. The van der Waals surface area contributed by atoms with Crippen LogP contribution < -0.4 is 0 Å². The predicted octanol–water partition coefficient (Wildman–Crippen LogP) is 7.16. The Morgan fingerprint density at radius 1 is 0.605 bits per heavy atom. The third-order valence-corrected chi connectivity index (χ3v) is 36.5. The molecule has 16 heteroatoms. The van der Waals surface area contributed by atoms with E-state index in [1.165, 1.54) is 0 Å². The van der Waals surface area contributed by atoms with Crippen LogP contribution in [0.1, 0.15) is 0 Å². The fourth-order valence-electron chi connectivity index (χ4n) is 3.37. The quantitative estimate of drug-likeness (QED) is 0.126. The van der Waals surface area contributed by atoms with Gasteiger partial charge in [-0.15, -0.1) is 6.58 Å². The van der Waals surface area contributed by atoms with Crippen molar-refractivity contribution in [2.45, 2.75) is 116 Å². The number of hydrogen-bond donors (Lipinski definition) is 0. The van der Waals surface area contributed by atoms with Gasteiger partial charge in [0.15, 0.2) is 41.6 Å². The SMILES string of the molecule is C=C[Si](C)(C)O[Si]C[Si](C)(C)O[Si]C[Si](C)(C)O[Si]CC(=C)[Si](C)(O[Si](C)(C)C)O[Si](C)(C)O[Si](C)(C)C. The van der Waals surface area contributed by atoms with Gasteiger partial charge in [-0.05, 0) is 121 Å². The van der Waals surface area contributed by atoms with Gasteiger partial charge in [0, 0.05) is 0 Å². The summed E-state index contributed by atoms with van der Waals surface area (Å²) >= 11 is 0. The summed E-state index contributed by atoms with van der Waals surface area (Å²) in [6, 6.07) is 0.784. The van der Waals surface area contributed by atoms with Crippen molar-refractivity contribution >= 4 is 88.0 Å². The van der Waals surface area contributed by atoms with Crippen LogP contribution in [0.15, 0.2) is 24.1 Å². The molecule has 6 nitrogen and oxygen atoms in total. The summed E-state index contributed by atoms with van der Waals surface area (Å²) in [4.78, 5) is 0. The maximum Gasteiger partial charge on any atom is 0.345 e. The first kappa shape index (κ1) is 39.4. The molecule has 0 saturated heterocycles. The molecule has 0 aliphatic heterocycles. The molecule has 0 rings (SSSR count). The van der Waals surface area contributed by atoms with E-state index in [4.69, 9.17) is 24.7 Å². The lowest BCUT2D eigenvalue weighted by Gasteiger charge is -2.42. The van der Waals surface area contributed by atoms with Crippen LogP contribution in [0.2, 0.25) is 116 Å². The summed E-state index contributed by atoms with van der Waals surface area (Å²) < 4.78 is 39.1. The summed E-state index contributed by atoms with van der Waals surface area (Å²) in [5, 5.41) is 1.07. The normalized spacial score (nSPS) is 15.9. The highest BCUT2D eigenvalue weighted by atomic mass is 28.5. The Morgan fingerprint density at radius 3 is 1.45 bits per heavy atom. The molecule has 0 spiro atoms. The van der Waals surface area contributed by atoms with E-state index in [-0.39, 0.29) is 0 Å². The molecule has 0 bridgehead atoms. The Bertz CT molecular complexity index is 765. The van der Waals surface area contributed by atoms with E-state index in [1.54, 1.807) is 0 Å². The van der Waals surface area contributed by atoms with Crippen molar-refractivity contribution in [2.75, 3.05) is 0 Å². The van der Waals surface area contributed by atoms with Crippen molar-refractivity contribution in [2.24, 2.45) is 0 Å². The molecule has 0 heterocycles. The number of rotatable bonds is 20. The van der Waals surface area contributed by atoms with E-state index in [0.717, 1.165) is 22.6 Å². The topological polar surface area (TPSA) is 55.4 Å². The Labute approximate surface area is 251 Å². The van der Waals surface area contributed by atoms with Crippen LogP contribution >= 0.6 is 0 Å². The minimum absolute atomic E-state index is 0.364. The van der Waals surface area contributed by atoms with Crippen LogP contribution in [0.25, 0.3) is 0 Å². The van der Waals surface area contributed by atoms with E-state index in [2.05, 4.69) is 111 Å². The minimum atomic E-state index is -2.66. The van der Waals surface area contributed by atoms with Gasteiger partial charge in [0.25, 0.3) is 0 Å². The van der Waals surface area contributed by atoms with Crippen LogP contribution in [0.4, 0.5) is 0 Å². The standard InChI is InChI=1S/C22H56O6Si10/c1-18-34(9,10)24-30-20-36(13,14)25-31-21-35(11,12)23-29-19-22(2)38(17,27-33(6,7)8)28-37(15,16)26-32(3,4)5/h18H,1-2,19-21H2,3-17H3. The predicted molar refractivity (Wildman–Crippen MR) is 186 cm³/mol. The molecule has 0 amide bonds. The first-order valence-corrected chi connectivity index (χ1v) is 37.9. The molecule has 0 fully saturated rings. The third-order valence-electron chi connectivity index (χ3n) is 4.94. The molecule has 0 saturated carbocycles. The summed E-state index contributed by atoms with van der Waals surface area (Å²) in [5.41, 5.74) is 4.05. The van der Waals surface area contributed by atoms with Crippen LogP contribution in [0.5, 0.6) is 0 Å².